The van der Waals surface area contributed by atoms with E-state index in [0.717, 1.165) is 11.1 Å². The van der Waals surface area contributed by atoms with Crippen molar-refractivity contribution in [3.63, 3.8) is 0 Å². The molecule has 0 spiro atoms. The van der Waals surface area contributed by atoms with Crippen molar-refractivity contribution in [3.05, 3.63) is 120 Å². The van der Waals surface area contributed by atoms with Crippen LogP contribution in [0.15, 0.2) is 119 Å². The van der Waals surface area contributed by atoms with Gasteiger partial charge < -0.3 is 0 Å². The Hall–Kier alpha value is -3.50. The normalized spacial score (nSPS) is 11.2. The van der Waals surface area contributed by atoms with Gasteiger partial charge in [-0.3, -0.25) is 4.79 Å². The third kappa shape index (κ3) is 3.89. The summed E-state index contributed by atoms with van der Waals surface area (Å²) in [4.78, 5) is 13.0. The molecule has 142 valence electrons. The Morgan fingerprint density at radius 2 is 0.897 bits per heavy atom. The first-order valence-corrected chi connectivity index (χ1v) is 10.6. The number of rotatable bonds is 5. The van der Waals surface area contributed by atoms with E-state index in [-0.39, 0.29) is 15.6 Å². The van der Waals surface area contributed by atoms with Crippen molar-refractivity contribution in [3.8, 4) is 11.1 Å². The van der Waals surface area contributed by atoms with E-state index in [0.29, 0.717) is 11.1 Å². The van der Waals surface area contributed by atoms with E-state index in [1.54, 1.807) is 78.9 Å². The number of carbonyl (C=O) groups is 1. The third-order valence-corrected chi connectivity index (χ3v) is 6.52. The second-order valence-corrected chi connectivity index (χ2v) is 8.56. The van der Waals surface area contributed by atoms with Gasteiger partial charge in [0.25, 0.3) is 0 Å². The van der Waals surface area contributed by atoms with E-state index in [2.05, 4.69) is 0 Å². The lowest BCUT2D eigenvalue weighted by Gasteiger charge is -2.07. The molecule has 29 heavy (non-hydrogen) atoms. The first-order valence-electron chi connectivity index (χ1n) is 9.16. The molecule has 4 aromatic carbocycles. The SMILES string of the molecule is O=C(c1ccccc1)c1ccc(-c2ccc(S(=O)(=O)c3ccccc3)cc2)cc1. The zero-order valence-electron chi connectivity index (χ0n) is 15.5. The second kappa shape index (κ2) is 7.86. The highest BCUT2D eigenvalue weighted by molar-refractivity contribution is 7.91. The molecule has 0 bridgehead atoms. The Bertz CT molecular complexity index is 1230. The van der Waals surface area contributed by atoms with Crippen molar-refractivity contribution in [2.75, 3.05) is 0 Å². The molecule has 4 rings (SSSR count). The summed E-state index contributed by atoms with van der Waals surface area (Å²) in [6.45, 7) is 0. The highest BCUT2D eigenvalue weighted by Gasteiger charge is 2.17. The van der Waals surface area contributed by atoms with Gasteiger partial charge in [0.15, 0.2) is 5.78 Å². The molecule has 0 atom stereocenters. The molecular weight excluding hydrogens is 380 g/mol. The molecule has 0 saturated carbocycles. The van der Waals surface area contributed by atoms with E-state index >= 15 is 0 Å². The van der Waals surface area contributed by atoms with Gasteiger partial charge in [0.2, 0.25) is 9.84 Å². The van der Waals surface area contributed by atoms with Gasteiger partial charge in [-0.25, -0.2) is 8.42 Å². The predicted molar refractivity (Wildman–Crippen MR) is 114 cm³/mol. The molecule has 0 aromatic heterocycles. The first kappa shape index (κ1) is 18.8. The molecule has 0 aliphatic rings. The highest BCUT2D eigenvalue weighted by atomic mass is 32.2. The highest BCUT2D eigenvalue weighted by Crippen LogP contribution is 2.25. The molecule has 0 N–H and O–H groups in total. The zero-order chi connectivity index (χ0) is 20.3. The maximum atomic E-state index is 12.7. The van der Waals surface area contributed by atoms with Crippen molar-refractivity contribution < 1.29 is 13.2 Å². The van der Waals surface area contributed by atoms with Crippen molar-refractivity contribution in [1.82, 2.24) is 0 Å². The van der Waals surface area contributed by atoms with Crippen LogP contribution in [-0.4, -0.2) is 14.2 Å². The lowest BCUT2D eigenvalue weighted by Crippen LogP contribution is -2.01. The Morgan fingerprint density at radius 3 is 1.45 bits per heavy atom. The molecule has 0 amide bonds. The number of hydrogen-bond donors (Lipinski definition) is 0. The minimum atomic E-state index is -3.53. The van der Waals surface area contributed by atoms with Crippen LogP contribution in [-0.2, 0) is 9.84 Å². The van der Waals surface area contributed by atoms with Crippen molar-refractivity contribution in [2.45, 2.75) is 9.79 Å². The van der Waals surface area contributed by atoms with Crippen LogP contribution in [0.25, 0.3) is 11.1 Å². The van der Waals surface area contributed by atoms with Gasteiger partial charge in [0, 0.05) is 11.1 Å². The van der Waals surface area contributed by atoms with Crippen LogP contribution in [0.4, 0.5) is 0 Å². The summed E-state index contributed by atoms with van der Waals surface area (Å²) in [6.07, 6.45) is 0. The fourth-order valence-corrected chi connectivity index (χ4v) is 4.41. The molecular formula is C25H18O3S. The van der Waals surface area contributed by atoms with Gasteiger partial charge >= 0.3 is 0 Å². The third-order valence-electron chi connectivity index (χ3n) is 4.73. The number of benzene rings is 4. The van der Waals surface area contributed by atoms with Crippen LogP contribution in [0.1, 0.15) is 15.9 Å². The summed E-state index contributed by atoms with van der Waals surface area (Å²) in [6, 6.07) is 31.6. The molecule has 4 aromatic rings. The summed E-state index contributed by atoms with van der Waals surface area (Å²) in [7, 11) is -3.53. The van der Waals surface area contributed by atoms with Gasteiger partial charge in [-0.1, -0.05) is 84.9 Å². The first-order chi connectivity index (χ1) is 14.1. The molecule has 0 aliphatic carbocycles. The van der Waals surface area contributed by atoms with Gasteiger partial charge in [-0.15, -0.1) is 0 Å². The Balaban J connectivity index is 1.58. The molecule has 0 saturated heterocycles. The van der Waals surface area contributed by atoms with Gasteiger partial charge in [0.05, 0.1) is 9.79 Å². The van der Waals surface area contributed by atoms with Crippen LogP contribution < -0.4 is 0 Å². The molecule has 0 heterocycles. The Labute approximate surface area is 170 Å². The topological polar surface area (TPSA) is 51.2 Å². The quantitative estimate of drug-likeness (QED) is 0.422. The number of sulfone groups is 1. The number of ketones is 1. The summed E-state index contributed by atoms with van der Waals surface area (Å²) in [5, 5.41) is 0. The molecule has 4 heteroatoms. The van der Waals surface area contributed by atoms with Crippen molar-refractivity contribution in [1.29, 1.82) is 0 Å². The Kier molecular flexibility index (Phi) is 5.10. The molecule has 3 nitrogen and oxygen atoms in total. The van der Waals surface area contributed by atoms with Crippen LogP contribution in [0.3, 0.4) is 0 Å². The minimum absolute atomic E-state index is 0.0264. The Morgan fingerprint density at radius 1 is 0.483 bits per heavy atom. The maximum Gasteiger partial charge on any atom is 0.206 e. The fourth-order valence-electron chi connectivity index (χ4n) is 3.13. The fraction of sp³-hybridized carbons (Fsp3) is 0. The van der Waals surface area contributed by atoms with Crippen LogP contribution in [0, 0.1) is 0 Å². The van der Waals surface area contributed by atoms with Crippen LogP contribution in [0.2, 0.25) is 0 Å². The summed E-state index contributed by atoms with van der Waals surface area (Å²) in [5.74, 6) is -0.0264. The predicted octanol–water partition coefficient (Wildman–Crippen LogP) is 5.42. The summed E-state index contributed by atoms with van der Waals surface area (Å²) >= 11 is 0. The van der Waals surface area contributed by atoms with Gasteiger partial charge in [-0.05, 0) is 35.4 Å². The summed E-state index contributed by atoms with van der Waals surface area (Å²) < 4.78 is 25.4. The summed E-state index contributed by atoms with van der Waals surface area (Å²) in [5.41, 5.74) is 3.06. The van der Waals surface area contributed by atoms with Gasteiger partial charge in [0.1, 0.15) is 0 Å². The average Bonchev–Trinajstić information content (AvgIpc) is 2.80. The monoisotopic (exact) mass is 398 g/mol. The van der Waals surface area contributed by atoms with E-state index in [1.165, 1.54) is 0 Å². The minimum Gasteiger partial charge on any atom is -0.289 e. The zero-order valence-corrected chi connectivity index (χ0v) is 16.3. The molecule has 0 radical (unpaired) electrons. The van der Waals surface area contributed by atoms with Crippen molar-refractivity contribution >= 4 is 15.6 Å². The average molecular weight is 398 g/mol. The van der Waals surface area contributed by atoms with Crippen LogP contribution >= 0.6 is 0 Å². The van der Waals surface area contributed by atoms with Crippen LogP contribution in [0.5, 0.6) is 0 Å². The van der Waals surface area contributed by atoms with Crippen molar-refractivity contribution in [2.24, 2.45) is 0 Å². The maximum absolute atomic E-state index is 12.7. The number of hydrogen-bond acceptors (Lipinski definition) is 3. The van der Waals surface area contributed by atoms with E-state index < -0.39 is 9.84 Å². The molecule has 0 fully saturated rings. The number of carbonyl (C=O) groups excluding carboxylic acids is 1. The lowest BCUT2D eigenvalue weighted by molar-refractivity contribution is 0.103. The largest absolute Gasteiger partial charge is 0.289 e. The molecule has 0 unspecified atom stereocenters. The standard InChI is InChI=1S/C25H18O3S/c26-25(21-7-3-1-4-8-21)22-13-11-19(12-14-22)20-15-17-24(18-16-20)29(27,28)23-9-5-2-6-10-23/h1-18H. The molecule has 0 aliphatic heterocycles. The lowest BCUT2D eigenvalue weighted by atomic mass is 9.99. The van der Waals surface area contributed by atoms with Gasteiger partial charge in [-0.2, -0.15) is 0 Å². The smallest absolute Gasteiger partial charge is 0.206 e. The second-order valence-electron chi connectivity index (χ2n) is 6.61. The van der Waals surface area contributed by atoms with E-state index in [1.807, 2.05) is 30.3 Å². The van der Waals surface area contributed by atoms with E-state index in [9.17, 15) is 13.2 Å². The van der Waals surface area contributed by atoms with E-state index in [4.69, 9.17) is 0 Å².